The largest absolute Gasteiger partial charge is 0.378 e. The van der Waals surface area contributed by atoms with Gasteiger partial charge in [0.25, 0.3) is 0 Å². The van der Waals surface area contributed by atoms with Gasteiger partial charge < -0.3 is 10.1 Å². The monoisotopic (exact) mass is 171 g/mol. The quantitative estimate of drug-likeness (QED) is 0.696. The first kappa shape index (κ1) is 10.0. The van der Waals surface area contributed by atoms with Gasteiger partial charge in [-0.2, -0.15) is 0 Å². The van der Waals surface area contributed by atoms with E-state index in [0.29, 0.717) is 6.10 Å². The molecule has 1 rings (SSSR count). The maximum absolute atomic E-state index is 5.69. The first-order valence-electron chi connectivity index (χ1n) is 5.20. The van der Waals surface area contributed by atoms with E-state index in [1.165, 1.54) is 19.4 Å². The van der Waals surface area contributed by atoms with Crippen LogP contribution in [0.1, 0.15) is 33.1 Å². The zero-order valence-corrected chi connectivity index (χ0v) is 8.31. The van der Waals surface area contributed by atoms with Gasteiger partial charge in [0.2, 0.25) is 0 Å². The average molecular weight is 171 g/mol. The Hall–Kier alpha value is -0.0800. The molecule has 72 valence electrons. The highest BCUT2D eigenvalue weighted by Crippen LogP contribution is 2.19. The number of hydrogen-bond donors (Lipinski definition) is 1. The van der Waals surface area contributed by atoms with Crippen LogP contribution in [0.25, 0.3) is 0 Å². The Morgan fingerprint density at radius 3 is 2.83 bits per heavy atom. The normalized spacial score (nSPS) is 27.0. The van der Waals surface area contributed by atoms with E-state index in [4.69, 9.17) is 4.74 Å². The molecule has 1 heterocycles. The van der Waals surface area contributed by atoms with E-state index in [0.717, 1.165) is 25.5 Å². The van der Waals surface area contributed by atoms with Gasteiger partial charge in [-0.15, -0.1) is 0 Å². The molecule has 0 unspecified atom stereocenters. The average Bonchev–Trinajstić information content (AvgIpc) is 2.15. The van der Waals surface area contributed by atoms with Crippen molar-refractivity contribution in [3.8, 4) is 0 Å². The molecule has 0 bridgehead atoms. The summed E-state index contributed by atoms with van der Waals surface area (Å²) in [6, 6.07) is 0. The van der Waals surface area contributed by atoms with Crippen molar-refractivity contribution in [2.24, 2.45) is 5.92 Å². The number of piperidine rings is 1. The van der Waals surface area contributed by atoms with Gasteiger partial charge in [-0.3, -0.25) is 0 Å². The molecule has 1 saturated heterocycles. The Balaban J connectivity index is 2.29. The minimum Gasteiger partial charge on any atom is -0.378 e. The Labute approximate surface area is 75.7 Å². The molecule has 2 atom stereocenters. The lowest BCUT2D eigenvalue weighted by Gasteiger charge is -2.29. The summed E-state index contributed by atoms with van der Waals surface area (Å²) in [4.78, 5) is 0. The Morgan fingerprint density at radius 1 is 1.50 bits per heavy atom. The van der Waals surface area contributed by atoms with E-state index in [-0.39, 0.29) is 0 Å². The molecule has 0 amide bonds. The molecule has 1 fully saturated rings. The van der Waals surface area contributed by atoms with Crippen molar-refractivity contribution in [3.05, 3.63) is 0 Å². The van der Waals surface area contributed by atoms with Crippen LogP contribution in [-0.4, -0.2) is 25.8 Å². The van der Waals surface area contributed by atoms with Crippen molar-refractivity contribution >= 4 is 0 Å². The molecule has 0 aromatic heterocycles. The van der Waals surface area contributed by atoms with E-state index in [1.54, 1.807) is 0 Å². The summed E-state index contributed by atoms with van der Waals surface area (Å²) in [7, 11) is 0. The smallest absolute Gasteiger partial charge is 0.0612 e. The van der Waals surface area contributed by atoms with Crippen molar-refractivity contribution < 1.29 is 4.74 Å². The summed E-state index contributed by atoms with van der Waals surface area (Å²) in [5.74, 6) is 0.753. The van der Waals surface area contributed by atoms with Crippen molar-refractivity contribution in [1.82, 2.24) is 5.32 Å². The van der Waals surface area contributed by atoms with Crippen LogP contribution in [0.2, 0.25) is 0 Å². The van der Waals surface area contributed by atoms with E-state index in [9.17, 15) is 0 Å². The number of nitrogens with one attached hydrogen (secondary N) is 1. The van der Waals surface area contributed by atoms with Gasteiger partial charge >= 0.3 is 0 Å². The summed E-state index contributed by atoms with van der Waals surface area (Å²) in [5, 5.41) is 3.43. The fourth-order valence-corrected chi connectivity index (χ4v) is 2.00. The van der Waals surface area contributed by atoms with E-state index in [1.807, 2.05) is 0 Å². The summed E-state index contributed by atoms with van der Waals surface area (Å²) in [6.45, 7) is 7.50. The first-order chi connectivity index (χ1) is 5.88. The highest BCUT2D eigenvalue weighted by Gasteiger charge is 2.21. The summed E-state index contributed by atoms with van der Waals surface area (Å²) >= 11 is 0. The lowest BCUT2D eigenvalue weighted by molar-refractivity contribution is 0.00964. The number of rotatable bonds is 4. The molecule has 0 aromatic rings. The highest BCUT2D eigenvalue weighted by atomic mass is 16.5. The zero-order chi connectivity index (χ0) is 8.81. The molecular weight excluding hydrogens is 150 g/mol. The minimum absolute atomic E-state index is 0.489. The van der Waals surface area contributed by atoms with Gasteiger partial charge in [-0.05, 0) is 38.6 Å². The molecular formula is C10H21NO. The molecule has 0 saturated carbocycles. The van der Waals surface area contributed by atoms with E-state index in [2.05, 4.69) is 19.2 Å². The van der Waals surface area contributed by atoms with Gasteiger partial charge in [0.05, 0.1) is 6.10 Å². The minimum atomic E-state index is 0.489. The molecule has 0 aromatic carbocycles. The third-order valence-electron chi connectivity index (χ3n) is 2.64. The van der Waals surface area contributed by atoms with Crippen molar-refractivity contribution in [2.45, 2.75) is 39.2 Å². The second kappa shape index (κ2) is 5.55. The summed E-state index contributed by atoms with van der Waals surface area (Å²) < 4.78 is 5.69. The van der Waals surface area contributed by atoms with Crippen molar-refractivity contribution in [3.63, 3.8) is 0 Å². The van der Waals surface area contributed by atoms with Crippen molar-refractivity contribution in [1.29, 1.82) is 0 Å². The topological polar surface area (TPSA) is 21.3 Å². The maximum Gasteiger partial charge on any atom is 0.0612 e. The fraction of sp³-hybridized carbons (Fsp3) is 1.00. The maximum atomic E-state index is 5.69. The lowest BCUT2D eigenvalue weighted by Crippen LogP contribution is -2.37. The SMILES string of the molecule is CCO[C@H](CC)[C@@H]1CCCNC1. The molecule has 2 nitrogen and oxygen atoms in total. The summed E-state index contributed by atoms with van der Waals surface area (Å²) in [6.07, 6.45) is 4.29. The Kier molecular flexibility index (Phi) is 4.62. The van der Waals surface area contributed by atoms with Gasteiger partial charge in [-0.1, -0.05) is 6.92 Å². The first-order valence-corrected chi connectivity index (χ1v) is 5.20. The Morgan fingerprint density at radius 2 is 2.33 bits per heavy atom. The van der Waals surface area contributed by atoms with Crippen LogP contribution < -0.4 is 5.32 Å². The third-order valence-corrected chi connectivity index (χ3v) is 2.64. The molecule has 0 radical (unpaired) electrons. The van der Waals surface area contributed by atoms with E-state index < -0.39 is 0 Å². The fourth-order valence-electron chi connectivity index (χ4n) is 2.00. The molecule has 0 aliphatic carbocycles. The van der Waals surface area contributed by atoms with Crippen LogP contribution in [0, 0.1) is 5.92 Å². The molecule has 2 heteroatoms. The van der Waals surface area contributed by atoms with Crippen LogP contribution in [0.4, 0.5) is 0 Å². The molecule has 1 aliphatic heterocycles. The second-order valence-corrected chi connectivity index (χ2v) is 3.51. The second-order valence-electron chi connectivity index (χ2n) is 3.51. The molecule has 0 spiro atoms. The Bertz CT molecular complexity index is 108. The number of ether oxygens (including phenoxy) is 1. The van der Waals surface area contributed by atoms with E-state index >= 15 is 0 Å². The molecule has 1 N–H and O–H groups in total. The van der Waals surface area contributed by atoms with Crippen LogP contribution in [0.15, 0.2) is 0 Å². The van der Waals surface area contributed by atoms with Crippen LogP contribution >= 0.6 is 0 Å². The van der Waals surface area contributed by atoms with Gasteiger partial charge in [-0.25, -0.2) is 0 Å². The molecule has 1 aliphatic rings. The van der Waals surface area contributed by atoms with Crippen LogP contribution in [0.3, 0.4) is 0 Å². The molecule has 12 heavy (non-hydrogen) atoms. The highest BCUT2D eigenvalue weighted by molar-refractivity contribution is 4.75. The summed E-state index contributed by atoms with van der Waals surface area (Å²) in [5.41, 5.74) is 0. The number of hydrogen-bond acceptors (Lipinski definition) is 2. The van der Waals surface area contributed by atoms with Crippen molar-refractivity contribution in [2.75, 3.05) is 19.7 Å². The predicted molar refractivity (Wildman–Crippen MR) is 51.3 cm³/mol. The standard InChI is InChI=1S/C10H21NO/c1-3-10(12-4-2)9-6-5-7-11-8-9/h9-11H,3-8H2,1-2H3/t9-,10-/m1/s1. The predicted octanol–water partition coefficient (Wildman–Crippen LogP) is 1.80. The van der Waals surface area contributed by atoms with Crippen LogP contribution in [-0.2, 0) is 4.74 Å². The van der Waals surface area contributed by atoms with Gasteiger partial charge in [0, 0.05) is 13.2 Å². The van der Waals surface area contributed by atoms with Crippen LogP contribution in [0.5, 0.6) is 0 Å². The zero-order valence-electron chi connectivity index (χ0n) is 8.31. The van der Waals surface area contributed by atoms with Gasteiger partial charge in [0.15, 0.2) is 0 Å². The third kappa shape index (κ3) is 2.76. The van der Waals surface area contributed by atoms with Gasteiger partial charge in [0.1, 0.15) is 0 Å². The lowest BCUT2D eigenvalue weighted by atomic mass is 9.92.